The minimum absolute atomic E-state index is 0.235. The number of fused-ring (bicyclic) bond motifs is 1. The van der Waals surface area contributed by atoms with Crippen molar-refractivity contribution in [3.8, 4) is 0 Å². The largest absolute Gasteiger partial charge is 0.365 e. The summed E-state index contributed by atoms with van der Waals surface area (Å²) in [7, 11) is 0. The number of hydrogen-bond acceptors (Lipinski definition) is 2. The molecule has 3 nitrogen and oxygen atoms in total. The van der Waals surface area contributed by atoms with Crippen LogP contribution in [0, 0.1) is 0 Å². The molecule has 3 rings (SSSR count). The molecule has 0 saturated heterocycles. The van der Waals surface area contributed by atoms with E-state index in [0.717, 1.165) is 24.4 Å². The Morgan fingerprint density at radius 3 is 3.24 bits per heavy atom. The molecule has 0 unspecified atom stereocenters. The lowest BCUT2D eigenvalue weighted by molar-refractivity contribution is -0.131. The number of nitrogens with zero attached hydrogens (tertiary/aromatic N) is 1. The van der Waals surface area contributed by atoms with E-state index in [4.69, 9.17) is 0 Å². The van der Waals surface area contributed by atoms with E-state index in [1.54, 1.807) is 11.3 Å². The molecule has 0 bridgehead atoms. The number of carbonyl (C=O) groups is 1. The predicted molar refractivity (Wildman–Crippen MR) is 67.9 cm³/mol. The minimum atomic E-state index is 0.235. The maximum absolute atomic E-state index is 12.1. The third-order valence-corrected chi connectivity index (χ3v) is 4.06. The molecule has 0 fully saturated rings. The zero-order valence-corrected chi connectivity index (χ0v) is 10.3. The second-order valence-electron chi connectivity index (χ2n) is 4.30. The van der Waals surface area contributed by atoms with Gasteiger partial charge in [0, 0.05) is 36.3 Å². The van der Waals surface area contributed by atoms with E-state index < -0.39 is 0 Å². The third kappa shape index (κ3) is 2.13. The van der Waals surface area contributed by atoms with Gasteiger partial charge >= 0.3 is 0 Å². The van der Waals surface area contributed by atoms with Gasteiger partial charge < -0.3 is 9.88 Å². The van der Waals surface area contributed by atoms with Gasteiger partial charge in [0.25, 0.3) is 0 Å². The molecule has 88 valence electrons. The Hall–Kier alpha value is -1.55. The van der Waals surface area contributed by atoms with Gasteiger partial charge in [-0.05, 0) is 23.1 Å². The van der Waals surface area contributed by atoms with Crippen molar-refractivity contribution >= 4 is 17.2 Å². The average molecular weight is 246 g/mol. The van der Waals surface area contributed by atoms with Crippen LogP contribution in [0.25, 0.3) is 0 Å². The van der Waals surface area contributed by atoms with Crippen molar-refractivity contribution in [2.24, 2.45) is 0 Å². The zero-order chi connectivity index (χ0) is 11.7. The van der Waals surface area contributed by atoms with Crippen LogP contribution in [0.4, 0.5) is 0 Å². The summed E-state index contributed by atoms with van der Waals surface area (Å²) in [5.41, 5.74) is 2.54. The fourth-order valence-electron chi connectivity index (χ4n) is 2.24. The number of nitrogens with one attached hydrogen (secondary N) is 1. The molecule has 0 aromatic carbocycles. The monoisotopic (exact) mass is 246 g/mol. The molecule has 2 aromatic rings. The highest BCUT2D eigenvalue weighted by Crippen LogP contribution is 2.19. The van der Waals surface area contributed by atoms with Gasteiger partial charge in [0.05, 0.1) is 6.42 Å². The van der Waals surface area contributed by atoms with Crippen LogP contribution < -0.4 is 0 Å². The van der Waals surface area contributed by atoms with Crippen LogP contribution in [0.2, 0.25) is 0 Å². The first-order valence-corrected chi connectivity index (χ1v) is 6.66. The molecule has 0 aliphatic carbocycles. The molecule has 1 N–H and O–H groups in total. The first-order chi connectivity index (χ1) is 8.33. The number of aromatic nitrogens is 1. The van der Waals surface area contributed by atoms with Crippen LogP contribution in [0.15, 0.2) is 29.8 Å². The third-order valence-electron chi connectivity index (χ3n) is 3.18. The number of hydrogen-bond donors (Lipinski definition) is 1. The van der Waals surface area contributed by atoms with E-state index in [1.165, 1.54) is 11.3 Å². The smallest absolute Gasteiger partial charge is 0.228 e. The normalized spacial score (nSPS) is 14.7. The Bertz CT molecular complexity index is 515. The maximum atomic E-state index is 12.1. The molecule has 0 radical (unpaired) electrons. The van der Waals surface area contributed by atoms with E-state index in [2.05, 4.69) is 11.1 Å². The quantitative estimate of drug-likeness (QED) is 0.866. The van der Waals surface area contributed by atoms with E-state index in [0.29, 0.717) is 6.42 Å². The molecule has 4 heteroatoms. The molecule has 0 atom stereocenters. The van der Waals surface area contributed by atoms with Crippen LogP contribution in [-0.4, -0.2) is 22.3 Å². The summed E-state index contributed by atoms with van der Waals surface area (Å²) in [6.07, 6.45) is 3.44. The Labute approximate surface area is 104 Å². The summed E-state index contributed by atoms with van der Waals surface area (Å²) >= 11 is 1.65. The minimum Gasteiger partial charge on any atom is -0.365 e. The Morgan fingerprint density at radius 1 is 1.47 bits per heavy atom. The molecular weight excluding hydrogens is 232 g/mol. The fourth-order valence-corrected chi connectivity index (χ4v) is 2.93. The van der Waals surface area contributed by atoms with Crippen molar-refractivity contribution < 1.29 is 4.79 Å². The molecule has 1 aliphatic heterocycles. The summed E-state index contributed by atoms with van der Waals surface area (Å²) in [6, 6.07) is 6.09. The Morgan fingerprint density at radius 2 is 2.41 bits per heavy atom. The number of thiophene rings is 1. The van der Waals surface area contributed by atoms with Gasteiger partial charge in [-0.3, -0.25) is 4.79 Å². The van der Waals surface area contributed by atoms with Gasteiger partial charge in [0.1, 0.15) is 0 Å². The summed E-state index contributed by atoms with van der Waals surface area (Å²) in [4.78, 5) is 18.4. The molecule has 3 heterocycles. The van der Waals surface area contributed by atoms with Gasteiger partial charge in [-0.25, -0.2) is 0 Å². The topological polar surface area (TPSA) is 36.1 Å². The van der Waals surface area contributed by atoms with Crippen molar-refractivity contribution in [2.75, 3.05) is 6.54 Å². The molecule has 0 saturated carbocycles. The summed E-state index contributed by atoms with van der Waals surface area (Å²) in [5.74, 6) is 0.235. The molecule has 0 spiro atoms. The number of carbonyl (C=O) groups excluding carboxylic acids is 1. The summed E-state index contributed by atoms with van der Waals surface area (Å²) in [6.45, 7) is 1.58. The van der Waals surface area contributed by atoms with Crippen molar-refractivity contribution in [1.82, 2.24) is 9.88 Å². The highest BCUT2D eigenvalue weighted by molar-refractivity contribution is 7.10. The van der Waals surface area contributed by atoms with Crippen LogP contribution in [0.1, 0.15) is 16.1 Å². The van der Waals surface area contributed by atoms with Crippen molar-refractivity contribution in [2.45, 2.75) is 19.4 Å². The lowest BCUT2D eigenvalue weighted by Crippen LogP contribution is -2.36. The Kier molecular flexibility index (Phi) is 2.73. The van der Waals surface area contributed by atoms with Crippen molar-refractivity contribution in [3.05, 3.63) is 45.9 Å². The van der Waals surface area contributed by atoms with Gasteiger partial charge in [-0.2, -0.15) is 0 Å². The number of amides is 1. The highest BCUT2D eigenvalue weighted by Gasteiger charge is 2.21. The highest BCUT2D eigenvalue weighted by atomic mass is 32.1. The predicted octanol–water partition coefficient (Wildman–Crippen LogP) is 2.20. The molecular formula is C13H14N2OS. The number of rotatable bonds is 2. The second-order valence-corrected chi connectivity index (χ2v) is 5.34. The molecule has 1 amide bonds. The van der Waals surface area contributed by atoms with Gasteiger partial charge in [-0.15, -0.1) is 11.3 Å². The molecule has 17 heavy (non-hydrogen) atoms. The van der Waals surface area contributed by atoms with Gasteiger partial charge in [0.2, 0.25) is 5.91 Å². The van der Waals surface area contributed by atoms with E-state index in [-0.39, 0.29) is 5.91 Å². The van der Waals surface area contributed by atoms with E-state index in [1.807, 2.05) is 28.6 Å². The maximum Gasteiger partial charge on any atom is 0.228 e. The zero-order valence-electron chi connectivity index (χ0n) is 9.48. The first-order valence-electron chi connectivity index (χ1n) is 5.78. The lowest BCUT2D eigenvalue weighted by atomic mass is 10.1. The van der Waals surface area contributed by atoms with Crippen molar-refractivity contribution in [1.29, 1.82) is 0 Å². The number of H-pyrrole nitrogens is 1. The Balaban J connectivity index is 1.68. The molecule has 1 aliphatic rings. The SMILES string of the molecule is O=C(Cc1cccs1)N1CCc2[nH]ccc2C1. The van der Waals surface area contributed by atoms with Crippen molar-refractivity contribution in [3.63, 3.8) is 0 Å². The van der Waals surface area contributed by atoms with Crippen LogP contribution in [0.5, 0.6) is 0 Å². The second kappa shape index (κ2) is 4.37. The lowest BCUT2D eigenvalue weighted by Gasteiger charge is -2.26. The summed E-state index contributed by atoms with van der Waals surface area (Å²) in [5, 5.41) is 2.02. The fraction of sp³-hybridized carbons (Fsp3) is 0.308. The van der Waals surface area contributed by atoms with Gasteiger partial charge in [0.15, 0.2) is 0 Å². The molecule has 2 aromatic heterocycles. The van der Waals surface area contributed by atoms with Crippen LogP contribution in [-0.2, 0) is 24.2 Å². The van der Waals surface area contributed by atoms with Crippen LogP contribution >= 0.6 is 11.3 Å². The summed E-state index contributed by atoms with van der Waals surface area (Å²) < 4.78 is 0. The van der Waals surface area contributed by atoms with Gasteiger partial charge in [-0.1, -0.05) is 6.07 Å². The number of aromatic amines is 1. The average Bonchev–Trinajstić information content (AvgIpc) is 2.97. The van der Waals surface area contributed by atoms with Crippen LogP contribution in [0.3, 0.4) is 0 Å². The first kappa shape index (κ1) is 10.6. The van der Waals surface area contributed by atoms with E-state index in [9.17, 15) is 4.79 Å². The van der Waals surface area contributed by atoms with E-state index >= 15 is 0 Å². The standard InChI is InChI=1S/C13H14N2OS/c16-13(8-11-2-1-7-17-11)15-6-4-12-10(9-15)3-5-14-12/h1-3,5,7,14H,4,6,8-9H2.